The molecule has 0 aromatic carbocycles. The summed E-state index contributed by atoms with van der Waals surface area (Å²) in [5.74, 6) is -0.201. The summed E-state index contributed by atoms with van der Waals surface area (Å²) in [5.41, 5.74) is 0. The molecule has 1 fully saturated rings. The predicted octanol–water partition coefficient (Wildman–Crippen LogP) is 1.05. The van der Waals surface area contributed by atoms with Gasteiger partial charge in [0, 0.05) is 7.05 Å². The molecule has 2 unspecified atom stereocenters. The van der Waals surface area contributed by atoms with Gasteiger partial charge in [-0.25, -0.2) is 4.79 Å². The molecular formula is C10H16BrNO4. The molecule has 0 radical (unpaired) electrons. The van der Waals surface area contributed by atoms with Crippen LogP contribution < -0.4 is 0 Å². The third kappa shape index (κ3) is 2.95. The summed E-state index contributed by atoms with van der Waals surface area (Å²) >= 11 is 3.13. The van der Waals surface area contributed by atoms with Crippen LogP contribution in [0.25, 0.3) is 0 Å². The van der Waals surface area contributed by atoms with E-state index in [4.69, 9.17) is 9.47 Å². The third-order valence-electron chi connectivity index (χ3n) is 2.65. The van der Waals surface area contributed by atoms with Gasteiger partial charge in [0.15, 0.2) is 5.78 Å². The second-order valence-electron chi connectivity index (χ2n) is 3.62. The fraction of sp³-hybridized carbons (Fsp3) is 0.800. The highest BCUT2D eigenvalue weighted by Crippen LogP contribution is 2.21. The number of Topliss-reactive ketones (excluding diaryl/α,β-unsaturated/α-hetero) is 1. The van der Waals surface area contributed by atoms with E-state index in [1.54, 1.807) is 14.0 Å². The molecule has 1 rings (SSSR count). The number of alkyl halides is 1. The molecule has 1 aliphatic heterocycles. The van der Waals surface area contributed by atoms with Gasteiger partial charge in [-0.2, -0.15) is 0 Å². The Labute approximate surface area is 103 Å². The van der Waals surface area contributed by atoms with Crippen molar-refractivity contribution in [2.45, 2.75) is 13.0 Å². The SMILES string of the molecule is CCOC(=O)N(C)C1COCC1C(=O)CBr. The van der Waals surface area contributed by atoms with Crippen LogP contribution in [0.2, 0.25) is 0 Å². The molecule has 1 saturated heterocycles. The Morgan fingerprint density at radius 3 is 2.75 bits per heavy atom. The van der Waals surface area contributed by atoms with Gasteiger partial charge < -0.3 is 14.4 Å². The molecule has 92 valence electrons. The number of carbonyl (C=O) groups excluding carboxylic acids is 2. The second kappa shape index (κ2) is 6.20. The molecule has 2 atom stereocenters. The Morgan fingerprint density at radius 1 is 1.50 bits per heavy atom. The molecule has 1 aliphatic rings. The first-order valence-electron chi connectivity index (χ1n) is 5.17. The largest absolute Gasteiger partial charge is 0.450 e. The van der Waals surface area contributed by atoms with E-state index in [2.05, 4.69) is 15.9 Å². The number of carbonyl (C=O) groups is 2. The Hall–Kier alpha value is -0.620. The molecule has 6 heteroatoms. The van der Waals surface area contributed by atoms with E-state index in [1.165, 1.54) is 4.90 Å². The highest BCUT2D eigenvalue weighted by atomic mass is 79.9. The van der Waals surface area contributed by atoms with Crippen LogP contribution in [0.5, 0.6) is 0 Å². The molecule has 0 aromatic rings. The number of halogens is 1. The summed E-state index contributed by atoms with van der Waals surface area (Å²) < 4.78 is 10.1. The molecule has 16 heavy (non-hydrogen) atoms. The van der Waals surface area contributed by atoms with Crippen LogP contribution in [0.15, 0.2) is 0 Å². The van der Waals surface area contributed by atoms with E-state index in [0.717, 1.165) is 0 Å². The van der Waals surface area contributed by atoms with E-state index in [0.29, 0.717) is 19.8 Å². The van der Waals surface area contributed by atoms with E-state index in [9.17, 15) is 9.59 Å². The first-order valence-corrected chi connectivity index (χ1v) is 6.30. The summed E-state index contributed by atoms with van der Waals surface area (Å²) in [6.07, 6.45) is -0.412. The Balaban J connectivity index is 2.63. The number of hydrogen-bond donors (Lipinski definition) is 0. The number of amides is 1. The average molecular weight is 294 g/mol. The lowest BCUT2D eigenvalue weighted by Gasteiger charge is -2.26. The summed E-state index contributed by atoms with van der Waals surface area (Å²) in [7, 11) is 1.63. The van der Waals surface area contributed by atoms with Crippen molar-refractivity contribution in [3.63, 3.8) is 0 Å². The van der Waals surface area contributed by atoms with Crippen molar-refractivity contribution in [3.8, 4) is 0 Å². The average Bonchev–Trinajstić information content (AvgIpc) is 2.76. The van der Waals surface area contributed by atoms with Crippen LogP contribution in [0, 0.1) is 5.92 Å². The number of ether oxygens (including phenoxy) is 2. The van der Waals surface area contributed by atoms with Crippen LogP contribution in [0.3, 0.4) is 0 Å². The minimum atomic E-state index is -0.412. The molecule has 5 nitrogen and oxygen atoms in total. The smallest absolute Gasteiger partial charge is 0.409 e. The number of ketones is 1. The van der Waals surface area contributed by atoms with Gasteiger partial charge in [-0.15, -0.1) is 0 Å². The number of rotatable bonds is 4. The molecule has 0 spiro atoms. The Kier molecular flexibility index (Phi) is 5.21. The number of hydrogen-bond acceptors (Lipinski definition) is 4. The summed E-state index contributed by atoms with van der Waals surface area (Å²) in [6, 6.07) is -0.218. The summed E-state index contributed by atoms with van der Waals surface area (Å²) in [5, 5.41) is 0.286. The molecular weight excluding hydrogens is 278 g/mol. The lowest BCUT2D eigenvalue weighted by molar-refractivity contribution is -0.121. The molecule has 0 saturated carbocycles. The number of nitrogens with zero attached hydrogens (tertiary/aromatic N) is 1. The summed E-state index contributed by atoms with van der Waals surface area (Å²) in [4.78, 5) is 24.6. The number of likely N-dealkylation sites (N-methyl/N-ethyl adjacent to an activating group) is 1. The first kappa shape index (κ1) is 13.4. The second-order valence-corrected chi connectivity index (χ2v) is 4.18. The third-order valence-corrected chi connectivity index (χ3v) is 3.20. The fourth-order valence-electron chi connectivity index (χ4n) is 1.69. The van der Waals surface area contributed by atoms with Gasteiger partial charge in [0.1, 0.15) is 0 Å². The van der Waals surface area contributed by atoms with Gasteiger partial charge in [0.25, 0.3) is 0 Å². The highest BCUT2D eigenvalue weighted by Gasteiger charge is 2.38. The van der Waals surface area contributed by atoms with Crippen LogP contribution in [0.4, 0.5) is 4.79 Å². The Morgan fingerprint density at radius 2 is 2.19 bits per heavy atom. The fourth-order valence-corrected chi connectivity index (χ4v) is 2.11. The zero-order valence-electron chi connectivity index (χ0n) is 9.44. The van der Waals surface area contributed by atoms with Gasteiger partial charge in [0.05, 0.1) is 37.1 Å². The van der Waals surface area contributed by atoms with Crippen LogP contribution >= 0.6 is 15.9 Å². The zero-order chi connectivity index (χ0) is 12.1. The highest BCUT2D eigenvalue weighted by molar-refractivity contribution is 9.09. The van der Waals surface area contributed by atoms with Gasteiger partial charge in [-0.3, -0.25) is 4.79 Å². The van der Waals surface area contributed by atoms with Crippen molar-refractivity contribution in [2.24, 2.45) is 5.92 Å². The molecule has 0 N–H and O–H groups in total. The maximum Gasteiger partial charge on any atom is 0.409 e. The molecule has 0 aliphatic carbocycles. The van der Waals surface area contributed by atoms with Crippen LogP contribution in [-0.2, 0) is 14.3 Å². The van der Waals surface area contributed by atoms with Crippen LogP contribution in [-0.4, -0.2) is 55.0 Å². The van der Waals surface area contributed by atoms with Gasteiger partial charge in [-0.1, -0.05) is 15.9 Å². The normalized spacial score (nSPS) is 24.2. The minimum Gasteiger partial charge on any atom is -0.450 e. The van der Waals surface area contributed by atoms with Crippen molar-refractivity contribution in [1.29, 1.82) is 0 Å². The molecule has 1 heterocycles. The molecule has 0 aromatic heterocycles. The van der Waals surface area contributed by atoms with Gasteiger partial charge in [-0.05, 0) is 6.92 Å². The van der Waals surface area contributed by atoms with E-state index in [1.807, 2.05) is 0 Å². The zero-order valence-corrected chi connectivity index (χ0v) is 11.0. The van der Waals surface area contributed by atoms with Crippen molar-refractivity contribution in [1.82, 2.24) is 4.90 Å². The van der Waals surface area contributed by atoms with Crippen molar-refractivity contribution in [2.75, 3.05) is 32.2 Å². The Bertz CT molecular complexity index is 272. The maximum atomic E-state index is 11.6. The molecule has 1 amide bonds. The quantitative estimate of drug-likeness (QED) is 0.727. The van der Waals surface area contributed by atoms with Crippen molar-refractivity contribution in [3.05, 3.63) is 0 Å². The van der Waals surface area contributed by atoms with E-state index in [-0.39, 0.29) is 23.1 Å². The molecule has 0 bridgehead atoms. The van der Waals surface area contributed by atoms with E-state index < -0.39 is 6.09 Å². The standard InChI is InChI=1S/C10H16BrNO4/c1-3-16-10(14)12(2)8-6-15-5-7(8)9(13)4-11/h7-8H,3-6H2,1-2H3. The summed E-state index contributed by atoms with van der Waals surface area (Å²) in [6.45, 7) is 2.84. The van der Waals surface area contributed by atoms with Crippen molar-refractivity contribution >= 4 is 27.8 Å². The monoisotopic (exact) mass is 293 g/mol. The van der Waals surface area contributed by atoms with Crippen molar-refractivity contribution < 1.29 is 19.1 Å². The lowest BCUT2D eigenvalue weighted by atomic mass is 9.99. The van der Waals surface area contributed by atoms with E-state index >= 15 is 0 Å². The van der Waals surface area contributed by atoms with Gasteiger partial charge >= 0.3 is 6.09 Å². The topological polar surface area (TPSA) is 55.8 Å². The lowest BCUT2D eigenvalue weighted by Crippen LogP contribution is -2.44. The minimum absolute atomic E-state index is 0.0543. The first-order chi connectivity index (χ1) is 7.61. The van der Waals surface area contributed by atoms with Crippen LogP contribution in [0.1, 0.15) is 6.92 Å². The predicted molar refractivity (Wildman–Crippen MR) is 61.7 cm³/mol. The maximum absolute atomic E-state index is 11.6. The van der Waals surface area contributed by atoms with Gasteiger partial charge in [0.2, 0.25) is 0 Å².